The number of benzene rings is 2. The highest BCUT2D eigenvalue weighted by atomic mass is 32.2. The Morgan fingerprint density at radius 3 is 2.67 bits per heavy atom. The fourth-order valence-corrected chi connectivity index (χ4v) is 4.06. The predicted molar refractivity (Wildman–Crippen MR) is 114 cm³/mol. The SMILES string of the molecule is COc1cccc(-c2nnc(SC(C(N)=O)c3ccccc3)n2Cc2ccco2)c1. The number of hydrogen-bond donors (Lipinski definition) is 1. The molecule has 0 saturated carbocycles. The lowest BCUT2D eigenvalue weighted by atomic mass is 10.1. The van der Waals surface area contributed by atoms with Crippen LogP contribution in [0.25, 0.3) is 11.4 Å². The predicted octanol–water partition coefficient (Wildman–Crippen LogP) is 3.91. The summed E-state index contributed by atoms with van der Waals surface area (Å²) in [6, 6.07) is 20.7. The molecule has 4 rings (SSSR count). The number of aromatic nitrogens is 3. The Labute approximate surface area is 177 Å². The maximum atomic E-state index is 12.2. The van der Waals surface area contributed by atoms with E-state index < -0.39 is 11.2 Å². The molecule has 2 aromatic heterocycles. The van der Waals surface area contributed by atoms with E-state index in [2.05, 4.69) is 10.2 Å². The fourth-order valence-electron chi connectivity index (χ4n) is 3.08. The van der Waals surface area contributed by atoms with E-state index in [0.29, 0.717) is 23.3 Å². The number of hydrogen-bond acceptors (Lipinski definition) is 6. The van der Waals surface area contributed by atoms with Crippen LogP contribution in [0.5, 0.6) is 5.75 Å². The fraction of sp³-hybridized carbons (Fsp3) is 0.136. The van der Waals surface area contributed by atoms with Gasteiger partial charge in [-0.15, -0.1) is 10.2 Å². The van der Waals surface area contributed by atoms with E-state index in [1.807, 2.05) is 71.3 Å². The molecular weight excluding hydrogens is 400 g/mol. The van der Waals surface area contributed by atoms with E-state index in [9.17, 15) is 4.79 Å². The Morgan fingerprint density at radius 2 is 1.97 bits per heavy atom. The van der Waals surface area contributed by atoms with Crippen LogP contribution >= 0.6 is 11.8 Å². The number of carbonyl (C=O) groups is 1. The van der Waals surface area contributed by atoms with Gasteiger partial charge in [-0.3, -0.25) is 9.36 Å². The quantitative estimate of drug-likeness (QED) is 0.434. The summed E-state index contributed by atoms with van der Waals surface area (Å²) < 4.78 is 12.8. The third-order valence-electron chi connectivity index (χ3n) is 4.52. The van der Waals surface area contributed by atoms with Crippen molar-refractivity contribution >= 4 is 17.7 Å². The van der Waals surface area contributed by atoms with E-state index in [1.165, 1.54) is 11.8 Å². The molecule has 0 aliphatic carbocycles. The molecule has 1 unspecified atom stereocenters. The Bertz CT molecular complexity index is 1130. The first-order valence-electron chi connectivity index (χ1n) is 9.26. The number of amides is 1. The van der Waals surface area contributed by atoms with Crippen molar-refractivity contribution in [3.8, 4) is 17.1 Å². The van der Waals surface area contributed by atoms with Crippen LogP contribution < -0.4 is 10.5 Å². The average Bonchev–Trinajstić information content (AvgIpc) is 3.43. The number of thioether (sulfide) groups is 1. The molecule has 2 heterocycles. The molecule has 152 valence electrons. The molecule has 8 heteroatoms. The van der Waals surface area contributed by atoms with Gasteiger partial charge in [0.15, 0.2) is 11.0 Å². The molecule has 2 N–H and O–H groups in total. The Morgan fingerprint density at radius 1 is 1.13 bits per heavy atom. The first kappa shape index (κ1) is 19.8. The van der Waals surface area contributed by atoms with Crippen molar-refractivity contribution in [1.82, 2.24) is 14.8 Å². The molecule has 0 bridgehead atoms. The number of rotatable bonds is 8. The third-order valence-corrected chi connectivity index (χ3v) is 5.78. The van der Waals surface area contributed by atoms with E-state index in [4.69, 9.17) is 14.9 Å². The summed E-state index contributed by atoms with van der Waals surface area (Å²) in [4.78, 5) is 12.2. The van der Waals surface area contributed by atoms with E-state index in [0.717, 1.165) is 16.9 Å². The van der Waals surface area contributed by atoms with Crippen LogP contribution in [0, 0.1) is 0 Å². The first-order chi connectivity index (χ1) is 14.7. The molecule has 0 aliphatic rings. The zero-order chi connectivity index (χ0) is 20.9. The number of furan rings is 1. The van der Waals surface area contributed by atoms with Gasteiger partial charge in [0.1, 0.15) is 16.8 Å². The normalized spacial score (nSPS) is 11.9. The second-order valence-corrected chi connectivity index (χ2v) is 7.59. The monoisotopic (exact) mass is 420 g/mol. The summed E-state index contributed by atoms with van der Waals surface area (Å²) in [6.45, 7) is 0.412. The maximum absolute atomic E-state index is 12.2. The summed E-state index contributed by atoms with van der Waals surface area (Å²) >= 11 is 1.27. The highest BCUT2D eigenvalue weighted by Gasteiger charge is 2.24. The molecule has 2 aromatic carbocycles. The van der Waals surface area contributed by atoms with Crippen molar-refractivity contribution in [1.29, 1.82) is 0 Å². The molecule has 0 fully saturated rings. The van der Waals surface area contributed by atoms with Crippen molar-refractivity contribution in [2.75, 3.05) is 7.11 Å². The molecule has 1 amide bonds. The van der Waals surface area contributed by atoms with Crippen LogP contribution in [0.1, 0.15) is 16.6 Å². The smallest absolute Gasteiger partial charge is 0.235 e. The minimum absolute atomic E-state index is 0.412. The minimum atomic E-state index is -0.594. The second-order valence-electron chi connectivity index (χ2n) is 6.51. The summed E-state index contributed by atoms with van der Waals surface area (Å²) in [5, 5.41) is 8.73. The minimum Gasteiger partial charge on any atom is -0.497 e. The number of nitrogens with zero attached hydrogens (tertiary/aromatic N) is 3. The standard InChI is InChI=1S/C22H20N4O3S/c1-28-17-10-5-9-16(13-17)21-24-25-22(26(21)14-18-11-6-12-29-18)30-19(20(23)27)15-7-3-2-4-8-15/h2-13,19H,14H2,1H3,(H2,23,27). The molecule has 0 saturated heterocycles. The molecule has 4 aromatic rings. The Kier molecular flexibility index (Phi) is 5.85. The first-order valence-corrected chi connectivity index (χ1v) is 10.1. The largest absolute Gasteiger partial charge is 0.497 e. The van der Waals surface area contributed by atoms with Gasteiger partial charge in [-0.25, -0.2) is 0 Å². The van der Waals surface area contributed by atoms with Gasteiger partial charge in [-0.1, -0.05) is 54.2 Å². The molecular formula is C22H20N4O3S. The Hall–Kier alpha value is -3.52. The number of nitrogens with two attached hydrogens (primary N) is 1. The van der Waals surface area contributed by atoms with Crippen LogP contribution in [0.4, 0.5) is 0 Å². The van der Waals surface area contributed by atoms with Crippen LogP contribution in [0.2, 0.25) is 0 Å². The van der Waals surface area contributed by atoms with Crippen LogP contribution in [-0.4, -0.2) is 27.8 Å². The number of ether oxygens (including phenoxy) is 1. The van der Waals surface area contributed by atoms with Gasteiger partial charge >= 0.3 is 0 Å². The topological polar surface area (TPSA) is 96.2 Å². The summed E-state index contributed by atoms with van der Waals surface area (Å²) in [7, 11) is 1.62. The van der Waals surface area contributed by atoms with Crippen molar-refractivity contribution < 1.29 is 13.9 Å². The maximum Gasteiger partial charge on any atom is 0.235 e. The van der Waals surface area contributed by atoms with E-state index in [-0.39, 0.29) is 0 Å². The van der Waals surface area contributed by atoms with E-state index in [1.54, 1.807) is 13.4 Å². The van der Waals surface area contributed by atoms with Gasteiger partial charge in [0, 0.05) is 5.56 Å². The summed E-state index contributed by atoms with van der Waals surface area (Å²) in [6.07, 6.45) is 1.62. The lowest BCUT2D eigenvalue weighted by Gasteiger charge is -2.14. The molecule has 30 heavy (non-hydrogen) atoms. The Balaban J connectivity index is 1.75. The van der Waals surface area contributed by atoms with Gasteiger partial charge in [-0.2, -0.15) is 0 Å². The van der Waals surface area contributed by atoms with Gasteiger partial charge in [0.05, 0.1) is 19.9 Å². The molecule has 0 aliphatic heterocycles. The highest BCUT2D eigenvalue weighted by molar-refractivity contribution is 8.00. The van der Waals surface area contributed by atoms with Gasteiger partial charge in [-0.05, 0) is 29.8 Å². The van der Waals surface area contributed by atoms with Crippen LogP contribution in [0.3, 0.4) is 0 Å². The summed E-state index contributed by atoms with van der Waals surface area (Å²) in [5.41, 5.74) is 7.36. The highest BCUT2D eigenvalue weighted by Crippen LogP contribution is 2.36. The van der Waals surface area contributed by atoms with Crippen molar-refractivity contribution in [2.24, 2.45) is 5.73 Å². The summed E-state index contributed by atoms with van der Waals surface area (Å²) in [5.74, 6) is 1.66. The molecule has 0 spiro atoms. The van der Waals surface area contributed by atoms with Gasteiger partial charge in [0.25, 0.3) is 0 Å². The number of primary amides is 1. The zero-order valence-electron chi connectivity index (χ0n) is 16.3. The lowest BCUT2D eigenvalue weighted by molar-refractivity contribution is -0.117. The van der Waals surface area contributed by atoms with Crippen molar-refractivity contribution in [3.63, 3.8) is 0 Å². The second kappa shape index (κ2) is 8.87. The van der Waals surface area contributed by atoms with Crippen molar-refractivity contribution in [2.45, 2.75) is 17.0 Å². The zero-order valence-corrected chi connectivity index (χ0v) is 17.1. The van der Waals surface area contributed by atoms with Gasteiger partial charge < -0.3 is 14.9 Å². The average molecular weight is 420 g/mol. The molecule has 7 nitrogen and oxygen atoms in total. The van der Waals surface area contributed by atoms with Crippen LogP contribution in [0.15, 0.2) is 82.6 Å². The molecule has 0 radical (unpaired) electrons. The van der Waals surface area contributed by atoms with Crippen molar-refractivity contribution in [3.05, 3.63) is 84.3 Å². The van der Waals surface area contributed by atoms with Crippen LogP contribution in [-0.2, 0) is 11.3 Å². The molecule has 1 atom stereocenters. The number of methoxy groups -OCH3 is 1. The number of carbonyl (C=O) groups excluding carboxylic acids is 1. The van der Waals surface area contributed by atoms with Gasteiger partial charge in [0.2, 0.25) is 5.91 Å². The third kappa shape index (κ3) is 4.23. The lowest BCUT2D eigenvalue weighted by Crippen LogP contribution is -2.19. The van der Waals surface area contributed by atoms with E-state index >= 15 is 0 Å².